The molecule has 2 atom stereocenters. The van der Waals surface area contributed by atoms with Gasteiger partial charge in [0, 0.05) is 25.3 Å². The third kappa shape index (κ3) is 3.26. The summed E-state index contributed by atoms with van der Waals surface area (Å²) < 4.78 is 0. The van der Waals surface area contributed by atoms with Gasteiger partial charge < -0.3 is 15.3 Å². The van der Waals surface area contributed by atoms with E-state index in [9.17, 15) is 9.59 Å². The van der Waals surface area contributed by atoms with Crippen molar-refractivity contribution in [3.8, 4) is 0 Å². The van der Waals surface area contributed by atoms with Crippen molar-refractivity contribution < 1.29 is 14.7 Å². The second-order valence-electron chi connectivity index (χ2n) is 5.36. The maximum atomic E-state index is 12.1. The van der Waals surface area contributed by atoms with E-state index in [4.69, 9.17) is 5.11 Å². The van der Waals surface area contributed by atoms with Crippen molar-refractivity contribution in [3.63, 3.8) is 0 Å². The number of hydrogen-bond acceptors (Lipinski definition) is 3. The molecule has 2 N–H and O–H groups in total. The number of pyridine rings is 1. The number of carbonyl (C=O) groups excluding carboxylic acids is 1. The molecule has 1 aliphatic heterocycles. The first-order chi connectivity index (χ1) is 9.47. The van der Waals surface area contributed by atoms with Gasteiger partial charge >= 0.3 is 12.0 Å². The Bertz CT molecular complexity index is 501. The van der Waals surface area contributed by atoms with Gasteiger partial charge in [-0.2, -0.15) is 0 Å². The number of carbonyl (C=O) groups is 2. The van der Waals surface area contributed by atoms with Crippen LogP contribution in [0.1, 0.15) is 36.3 Å². The minimum atomic E-state index is -1.06. The van der Waals surface area contributed by atoms with E-state index in [2.05, 4.69) is 17.2 Å². The summed E-state index contributed by atoms with van der Waals surface area (Å²) in [5, 5.41) is 11.6. The van der Waals surface area contributed by atoms with Gasteiger partial charge in [-0.15, -0.1) is 0 Å². The van der Waals surface area contributed by atoms with Gasteiger partial charge in [-0.25, -0.2) is 14.6 Å². The molecule has 2 rings (SSSR count). The van der Waals surface area contributed by atoms with Crippen molar-refractivity contribution in [1.82, 2.24) is 15.2 Å². The normalized spacial score (nSPS) is 21.8. The summed E-state index contributed by atoms with van der Waals surface area (Å²) in [5.74, 6) is -0.521. The molecule has 2 amide bonds. The molecular weight excluding hydrogens is 258 g/mol. The smallest absolute Gasteiger partial charge is 0.354 e. The van der Waals surface area contributed by atoms with Gasteiger partial charge in [0.1, 0.15) is 5.69 Å². The molecule has 0 bridgehead atoms. The molecule has 1 saturated heterocycles. The number of rotatable bonds is 3. The number of aromatic nitrogens is 1. The highest BCUT2D eigenvalue weighted by atomic mass is 16.4. The summed E-state index contributed by atoms with van der Waals surface area (Å²) in [6.07, 6.45) is 2.50. The molecular formula is C14H19N3O3. The zero-order valence-electron chi connectivity index (χ0n) is 11.7. The van der Waals surface area contributed by atoms with Gasteiger partial charge in [0.15, 0.2) is 0 Å². The average Bonchev–Trinajstić information content (AvgIpc) is 2.75. The van der Waals surface area contributed by atoms with Crippen LogP contribution in [0.4, 0.5) is 4.79 Å². The number of nitrogens with zero attached hydrogens (tertiary/aromatic N) is 2. The number of carboxylic acid groups (broad SMARTS) is 1. The predicted molar refractivity (Wildman–Crippen MR) is 73.4 cm³/mol. The lowest BCUT2D eigenvalue weighted by molar-refractivity contribution is 0.0690. The average molecular weight is 277 g/mol. The van der Waals surface area contributed by atoms with Crippen LogP contribution >= 0.6 is 0 Å². The lowest BCUT2D eigenvalue weighted by Gasteiger charge is -2.21. The number of amides is 2. The van der Waals surface area contributed by atoms with E-state index < -0.39 is 5.97 Å². The minimum absolute atomic E-state index is 0.00191. The predicted octanol–water partition coefficient (Wildman–Crippen LogP) is 1.72. The summed E-state index contributed by atoms with van der Waals surface area (Å²) >= 11 is 0. The van der Waals surface area contributed by atoms with Gasteiger partial charge in [0.2, 0.25) is 0 Å². The standard InChI is InChI=1S/C14H19N3O3/c1-9-5-10(2)17(8-9)14(20)16-7-11-3-4-12(13(18)19)15-6-11/h3-4,6,9-10H,5,7-8H2,1-2H3,(H,16,20)(H,18,19). The van der Waals surface area contributed by atoms with Crippen LogP contribution < -0.4 is 5.32 Å². The van der Waals surface area contributed by atoms with Crippen molar-refractivity contribution in [3.05, 3.63) is 29.6 Å². The molecule has 1 aliphatic rings. The Kier molecular flexibility index (Phi) is 4.22. The Morgan fingerprint density at radius 3 is 2.70 bits per heavy atom. The van der Waals surface area contributed by atoms with Gasteiger partial charge in [0.05, 0.1) is 0 Å². The molecule has 1 aromatic rings. The fraction of sp³-hybridized carbons (Fsp3) is 0.500. The maximum absolute atomic E-state index is 12.1. The molecule has 0 saturated carbocycles. The van der Waals surface area contributed by atoms with Crippen LogP contribution in [0.5, 0.6) is 0 Å². The molecule has 0 radical (unpaired) electrons. The Hall–Kier alpha value is -2.11. The number of aromatic carboxylic acids is 1. The molecule has 6 heteroatoms. The Labute approximate surface area is 117 Å². The van der Waals surface area contributed by atoms with Crippen LogP contribution in [0.25, 0.3) is 0 Å². The first kappa shape index (κ1) is 14.3. The summed E-state index contributed by atoms with van der Waals surface area (Å²) in [5.41, 5.74) is 0.783. The van der Waals surface area contributed by atoms with Crippen LogP contribution in [-0.4, -0.2) is 39.6 Å². The number of nitrogens with one attached hydrogen (secondary N) is 1. The monoisotopic (exact) mass is 277 g/mol. The van der Waals surface area contributed by atoms with Gasteiger partial charge in [0.25, 0.3) is 0 Å². The summed E-state index contributed by atoms with van der Waals surface area (Å²) in [6.45, 7) is 5.32. The van der Waals surface area contributed by atoms with Crippen molar-refractivity contribution in [2.45, 2.75) is 32.9 Å². The van der Waals surface area contributed by atoms with Crippen molar-refractivity contribution in [2.75, 3.05) is 6.54 Å². The quantitative estimate of drug-likeness (QED) is 0.881. The third-order valence-electron chi connectivity index (χ3n) is 3.53. The second-order valence-corrected chi connectivity index (χ2v) is 5.36. The van der Waals surface area contributed by atoms with Crippen LogP contribution in [0.15, 0.2) is 18.3 Å². The fourth-order valence-electron chi connectivity index (χ4n) is 2.52. The summed E-state index contributed by atoms with van der Waals surface area (Å²) in [7, 11) is 0. The first-order valence-corrected chi connectivity index (χ1v) is 6.70. The minimum Gasteiger partial charge on any atom is -0.477 e. The fourth-order valence-corrected chi connectivity index (χ4v) is 2.52. The van der Waals surface area contributed by atoms with Gasteiger partial charge in [-0.05, 0) is 30.9 Å². The van der Waals surface area contributed by atoms with Crippen molar-refractivity contribution >= 4 is 12.0 Å². The SMILES string of the molecule is CC1CC(C)N(C(=O)NCc2ccc(C(=O)O)nc2)C1. The number of carboxylic acids is 1. The number of hydrogen-bond donors (Lipinski definition) is 2. The van der Waals surface area contributed by atoms with Gasteiger partial charge in [-0.1, -0.05) is 13.0 Å². The molecule has 1 aromatic heterocycles. The van der Waals surface area contributed by atoms with E-state index in [1.807, 2.05) is 11.8 Å². The molecule has 1 fully saturated rings. The maximum Gasteiger partial charge on any atom is 0.354 e. The third-order valence-corrected chi connectivity index (χ3v) is 3.53. The topological polar surface area (TPSA) is 82.5 Å². The molecule has 0 spiro atoms. The van der Waals surface area contributed by atoms with E-state index >= 15 is 0 Å². The summed E-state index contributed by atoms with van der Waals surface area (Å²) in [4.78, 5) is 28.4. The van der Waals surface area contributed by atoms with E-state index in [0.29, 0.717) is 12.5 Å². The molecule has 2 heterocycles. The van der Waals surface area contributed by atoms with Gasteiger partial charge in [-0.3, -0.25) is 0 Å². The first-order valence-electron chi connectivity index (χ1n) is 6.70. The van der Waals surface area contributed by atoms with Crippen LogP contribution in [0.3, 0.4) is 0 Å². The number of urea groups is 1. The van der Waals surface area contributed by atoms with E-state index in [-0.39, 0.29) is 17.8 Å². The Morgan fingerprint density at radius 2 is 2.20 bits per heavy atom. The van der Waals surface area contributed by atoms with E-state index in [1.54, 1.807) is 6.07 Å². The highest BCUT2D eigenvalue weighted by molar-refractivity contribution is 5.85. The highest BCUT2D eigenvalue weighted by Gasteiger charge is 2.29. The lowest BCUT2D eigenvalue weighted by Crippen LogP contribution is -2.41. The zero-order valence-corrected chi connectivity index (χ0v) is 11.7. The second kappa shape index (κ2) is 5.90. The van der Waals surface area contributed by atoms with E-state index in [0.717, 1.165) is 18.5 Å². The molecule has 108 valence electrons. The Morgan fingerprint density at radius 1 is 1.45 bits per heavy atom. The van der Waals surface area contributed by atoms with Crippen LogP contribution in [0, 0.1) is 5.92 Å². The largest absolute Gasteiger partial charge is 0.477 e. The Balaban J connectivity index is 1.88. The van der Waals surface area contributed by atoms with E-state index in [1.165, 1.54) is 12.3 Å². The highest BCUT2D eigenvalue weighted by Crippen LogP contribution is 2.22. The van der Waals surface area contributed by atoms with Crippen molar-refractivity contribution in [2.24, 2.45) is 5.92 Å². The summed E-state index contributed by atoms with van der Waals surface area (Å²) in [6, 6.07) is 3.28. The lowest BCUT2D eigenvalue weighted by atomic mass is 10.1. The molecule has 20 heavy (non-hydrogen) atoms. The van der Waals surface area contributed by atoms with Crippen LogP contribution in [0.2, 0.25) is 0 Å². The molecule has 6 nitrogen and oxygen atoms in total. The zero-order chi connectivity index (χ0) is 14.7. The van der Waals surface area contributed by atoms with Crippen molar-refractivity contribution in [1.29, 1.82) is 0 Å². The number of likely N-dealkylation sites (tertiary alicyclic amines) is 1. The molecule has 2 unspecified atom stereocenters. The molecule has 0 aliphatic carbocycles. The van der Waals surface area contributed by atoms with Crippen LogP contribution in [-0.2, 0) is 6.54 Å². The molecule has 0 aromatic carbocycles.